The van der Waals surface area contributed by atoms with Gasteiger partial charge in [-0.2, -0.15) is 0 Å². The SMILES string of the molecule is CCOC(OCC)/C(=C/c1cnc(Cl)nc1C)CC. The van der Waals surface area contributed by atoms with Crippen molar-refractivity contribution in [3.05, 3.63) is 28.3 Å². The van der Waals surface area contributed by atoms with Gasteiger partial charge >= 0.3 is 0 Å². The predicted molar refractivity (Wildman–Crippen MR) is 77.1 cm³/mol. The molecule has 0 aromatic carbocycles. The number of aryl methyl sites for hydroxylation is 1. The van der Waals surface area contributed by atoms with Crippen molar-refractivity contribution in [3.8, 4) is 0 Å². The zero-order valence-corrected chi connectivity index (χ0v) is 12.7. The second kappa shape index (κ2) is 8.25. The highest BCUT2D eigenvalue weighted by Gasteiger charge is 2.13. The lowest BCUT2D eigenvalue weighted by atomic mass is 10.1. The molecule has 0 amide bonds. The first kappa shape index (κ1) is 16.1. The normalized spacial score (nSPS) is 12.2. The molecule has 0 aliphatic carbocycles. The number of nitrogens with zero attached hydrogens (tertiary/aromatic N) is 2. The summed E-state index contributed by atoms with van der Waals surface area (Å²) in [6.07, 6.45) is 4.26. The molecule has 4 nitrogen and oxygen atoms in total. The van der Waals surface area contributed by atoms with Crippen molar-refractivity contribution in [3.63, 3.8) is 0 Å². The van der Waals surface area contributed by atoms with Crippen molar-refractivity contribution in [2.45, 2.75) is 40.4 Å². The van der Waals surface area contributed by atoms with Crippen molar-refractivity contribution in [2.24, 2.45) is 0 Å². The molecule has 19 heavy (non-hydrogen) atoms. The Hall–Kier alpha value is -0.970. The second-order valence-corrected chi connectivity index (χ2v) is 4.33. The van der Waals surface area contributed by atoms with Crippen molar-refractivity contribution in [2.75, 3.05) is 13.2 Å². The highest BCUT2D eigenvalue weighted by atomic mass is 35.5. The van der Waals surface area contributed by atoms with Crippen LogP contribution in [0.25, 0.3) is 6.08 Å². The first-order valence-electron chi connectivity index (χ1n) is 6.55. The fraction of sp³-hybridized carbons (Fsp3) is 0.571. The van der Waals surface area contributed by atoms with Gasteiger partial charge in [-0.1, -0.05) is 6.92 Å². The van der Waals surface area contributed by atoms with Crippen LogP contribution < -0.4 is 0 Å². The Kier molecular flexibility index (Phi) is 6.99. The van der Waals surface area contributed by atoms with Gasteiger partial charge in [-0.15, -0.1) is 0 Å². The van der Waals surface area contributed by atoms with Crippen molar-refractivity contribution in [1.29, 1.82) is 0 Å². The van der Waals surface area contributed by atoms with Crippen LogP contribution in [0.1, 0.15) is 38.4 Å². The molecule has 106 valence electrons. The quantitative estimate of drug-likeness (QED) is 0.566. The molecular formula is C14H21ClN2O2. The Balaban J connectivity index is 3.01. The summed E-state index contributed by atoms with van der Waals surface area (Å²) in [6, 6.07) is 0. The maximum atomic E-state index is 5.76. The molecule has 0 saturated carbocycles. The van der Waals surface area contributed by atoms with Crippen LogP contribution >= 0.6 is 11.6 Å². The number of halogens is 1. The Morgan fingerprint density at radius 3 is 2.42 bits per heavy atom. The van der Waals surface area contributed by atoms with Gasteiger partial charge in [-0.3, -0.25) is 0 Å². The van der Waals surface area contributed by atoms with E-state index < -0.39 is 0 Å². The Morgan fingerprint density at radius 2 is 1.95 bits per heavy atom. The van der Waals surface area contributed by atoms with Crippen LogP contribution in [0.2, 0.25) is 5.28 Å². The van der Waals surface area contributed by atoms with Crippen molar-refractivity contribution < 1.29 is 9.47 Å². The monoisotopic (exact) mass is 284 g/mol. The zero-order valence-electron chi connectivity index (χ0n) is 11.9. The van der Waals surface area contributed by atoms with Gasteiger partial charge in [0, 0.05) is 30.7 Å². The summed E-state index contributed by atoms with van der Waals surface area (Å²) in [4.78, 5) is 8.15. The van der Waals surface area contributed by atoms with Gasteiger partial charge in [0.05, 0.1) is 0 Å². The molecule has 1 rings (SSSR count). The van der Waals surface area contributed by atoms with Crippen LogP contribution in [-0.2, 0) is 9.47 Å². The van der Waals surface area contributed by atoms with E-state index in [1.54, 1.807) is 6.20 Å². The van der Waals surface area contributed by atoms with Gasteiger partial charge in [-0.05, 0) is 50.4 Å². The minimum Gasteiger partial charge on any atom is -0.349 e. The number of aromatic nitrogens is 2. The van der Waals surface area contributed by atoms with Gasteiger partial charge in [0.15, 0.2) is 6.29 Å². The fourth-order valence-corrected chi connectivity index (χ4v) is 1.87. The van der Waals surface area contributed by atoms with Crippen molar-refractivity contribution in [1.82, 2.24) is 9.97 Å². The Labute approximate surface area is 119 Å². The lowest BCUT2D eigenvalue weighted by molar-refractivity contribution is -0.111. The van der Waals surface area contributed by atoms with Crippen LogP contribution in [0.5, 0.6) is 0 Å². The van der Waals surface area contributed by atoms with Gasteiger partial charge in [0.1, 0.15) is 0 Å². The summed E-state index contributed by atoms with van der Waals surface area (Å²) in [5.74, 6) is 0. The summed E-state index contributed by atoms with van der Waals surface area (Å²) in [5.41, 5.74) is 2.85. The highest BCUT2D eigenvalue weighted by Crippen LogP contribution is 2.19. The molecule has 0 fully saturated rings. The van der Waals surface area contributed by atoms with E-state index >= 15 is 0 Å². The Bertz CT molecular complexity index is 429. The average Bonchev–Trinajstić information content (AvgIpc) is 2.38. The summed E-state index contributed by atoms with van der Waals surface area (Å²) in [6.45, 7) is 9.11. The van der Waals surface area contributed by atoms with E-state index in [0.717, 1.165) is 23.3 Å². The molecule has 0 bridgehead atoms. The van der Waals surface area contributed by atoms with Gasteiger partial charge in [-0.25, -0.2) is 9.97 Å². The number of hydrogen-bond donors (Lipinski definition) is 0. The molecule has 1 aromatic rings. The fourth-order valence-electron chi connectivity index (χ4n) is 1.69. The van der Waals surface area contributed by atoms with Crippen LogP contribution in [0.4, 0.5) is 0 Å². The molecule has 0 aliphatic heterocycles. The lowest BCUT2D eigenvalue weighted by Gasteiger charge is -2.19. The molecule has 0 spiro atoms. The molecule has 0 radical (unpaired) electrons. The van der Waals surface area contributed by atoms with E-state index in [2.05, 4.69) is 16.9 Å². The summed E-state index contributed by atoms with van der Waals surface area (Å²) < 4.78 is 11.2. The van der Waals surface area contributed by atoms with E-state index in [1.807, 2.05) is 26.8 Å². The molecule has 0 aliphatic rings. The largest absolute Gasteiger partial charge is 0.349 e. The molecular weight excluding hydrogens is 264 g/mol. The molecule has 1 heterocycles. The third-order valence-corrected chi connectivity index (χ3v) is 2.86. The molecule has 0 unspecified atom stereocenters. The molecule has 1 aromatic heterocycles. The zero-order chi connectivity index (χ0) is 14.3. The average molecular weight is 285 g/mol. The van der Waals surface area contributed by atoms with Crippen LogP contribution in [-0.4, -0.2) is 29.5 Å². The first-order valence-corrected chi connectivity index (χ1v) is 6.92. The number of ether oxygens (including phenoxy) is 2. The van der Waals surface area contributed by atoms with Gasteiger partial charge in [0.2, 0.25) is 5.28 Å². The Morgan fingerprint density at radius 1 is 1.32 bits per heavy atom. The number of hydrogen-bond acceptors (Lipinski definition) is 4. The highest BCUT2D eigenvalue weighted by molar-refractivity contribution is 6.28. The molecule has 0 N–H and O–H groups in total. The van der Waals surface area contributed by atoms with E-state index in [4.69, 9.17) is 21.1 Å². The first-order chi connectivity index (χ1) is 9.12. The number of rotatable bonds is 7. The van der Waals surface area contributed by atoms with Crippen LogP contribution in [0, 0.1) is 6.92 Å². The van der Waals surface area contributed by atoms with Crippen LogP contribution in [0.3, 0.4) is 0 Å². The van der Waals surface area contributed by atoms with Gasteiger partial charge < -0.3 is 9.47 Å². The minimum absolute atomic E-state index is 0.263. The standard InChI is InChI=1S/C14H21ClN2O2/c1-5-11(13(18-6-2)19-7-3)8-12-9-16-14(15)17-10(12)4/h8-9,13H,5-7H2,1-4H3/b11-8+. The molecule has 5 heteroatoms. The second-order valence-electron chi connectivity index (χ2n) is 4.00. The van der Waals surface area contributed by atoms with E-state index in [0.29, 0.717) is 13.2 Å². The van der Waals surface area contributed by atoms with Crippen LogP contribution in [0.15, 0.2) is 11.8 Å². The summed E-state index contributed by atoms with van der Waals surface area (Å²) in [5, 5.41) is 0.263. The molecule has 0 atom stereocenters. The van der Waals surface area contributed by atoms with E-state index in [1.165, 1.54) is 0 Å². The third-order valence-electron chi connectivity index (χ3n) is 2.68. The summed E-state index contributed by atoms with van der Waals surface area (Å²) >= 11 is 5.76. The van der Waals surface area contributed by atoms with Gasteiger partial charge in [0.25, 0.3) is 0 Å². The molecule has 0 saturated heterocycles. The van der Waals surface area contributed by atoms with E-state index in [9.17, 15) is 0 Å². The van der Waals surface area contributed by atoms with Crippen molar-refractivity contribution >= 4 is 17.7 Å². The van der Waals surface area contributed by atoms with E-state index in [-0.39, 0.29) is 11.6 Å². The smallest absolute Gasteiger partial charge is 0.222 e. The minimum atomic E-state index is -0.310. The topological polar surface area (TPSA) is 44.2 Å². The maximum Gasteiger partial charge on any atom is 0.222 e. The predicted octanol–water partition coefficient (Wildman–Crippen LogP) is 3.63. The third kappa shape index (κ3) is 4.90. The maximum absolute atomic E-state index is 5.76. The summed E-state index contributed by atoms with van der Waals surface area (Å²) in [7, 11) is 0. The lowest BCUT2D eigenvalue weighted by Crippen LogP contribution is -2.19.